The number of rotatable bonds is 4. The van der Waals surface area contributed by atoms with Gasteiger partial charge in [-0.1, -0.05) is 0 Å². The van der Waals surface area contributed by atoms with E-state index in [2.05, 4.69) is 0 Å². The molecule has 0 atom stereocenters. The molecule has 0 saturated carbocycles. The van der Waals surface area contributed by atoms with Crippen molar-refractivity contribution in [3.63, 3.8) is 0 Å². The van der Waals surface area contributed by atoms with E-state index in [9.17, 15) is 42.6 Å². The van der Waals surface area contributed by atoms with Crippen molar-refractivity contribution in [3.05, 3.63) is 73.6 Å². The summed E-state index contributed by atoms with van der Waals surface area (Å²) in [6.07, 6.45) is -5.01. The van der Waals surface area contributed by atoms with Crippen LogP contribution in [0.2, 0.25) is 0 Å². The Hall–Kier alpha value is -3.77. The number of carbonyl (C=O) groups is 1. The molecule has 1 aliphatic heterocycles. The number of halogens is 4. The SMILES string of the molecule is O=C(c1ccc(F)cc1)N1CCN(c2c([N+](=O)[O-])cc(C(F)(F)F)cc2[N+](=O)[O-])CC1. The third-order valence-electron chi connectivity index (χ3n) is 4.76. The van der Waals surface area contributed by atoms with Gasteiger partial charge < -0.3 is 9.80 Å². The van der Waals surface area contributed by atoms with Crippen molar-refractivity contribution >= 4 is 23.0 Å². The number of alkyl halides is 3. The van der Waals surface area contributed by atoms with Gasteiger partial charge in [-0.2, -0.15) is 13.2 Å². The first-order valence-electron chi connectivity index (χ1n) is 8.83. The molecule has 0 N–H and O–H groups in total. The largest absolute Gasteiger partial charge is 0.416 e. The minimum Gasteiger partial charge on any atom is -0.357 e. The van der Waals surface area contributed by atoms with E-state index in [0.717, 1.165) is 12.1 Å². The molecule has 2 aromatic carbocycles. The van der Waals surface area contributed by atoms with Crippen molar-refractivity contribution in [3.8, 4) is 0 Å². The van der Waals surface area contributed by atoms with Crippen molar-refractivity contribution in [1.82, 2.24) is 4.90 Å². The van der Waals surface area contributed by atoms with Crippen LogP contribution in [-0.4, -0.2) is 46.8 Å². The first kappa shape index (κ1) is 21.9. The van der Waals surface area contributed by atoms with Gasteiger partial charge in [0.25, 0.3) is 17.3 Å². The smallest absolute Gasteiger partial charge is 0.357 e. The predicted octanol–water partition coefficient (Wildman–Crippen LogP) is 3.62. The summed E-state index contributed by atoms with van der Waals surface area (Å²) >= 11 is 0. The summed E-state index contributed by atoms with van der Waals surface area (Å²) in [5.41, 5.74) is -3.92. The summed E-state index contributed by atoms with van der Waals surface area (Å²) in [4.78, 5) is 35.7. The van der Waals surface area contributed by atoms with Crippen LogP contribution in [0.4, 0.5) is 34.6 Å². The molecule has 1 saturated heterocycles. The maximum absolute atomic E-state index is 13.0. The van der Waals surface area contributed by atoms with Crippen molar-refractivity contribution < 1.29 is 32.2 Å². The van der Waals surface area contributed by atoms with E-state index in [1.807, 2.05) is 0 Å². The first-order chi connectivity index (χ1) is 14.5. The Morgan fingerprint density at radius 1 is 0.903 bits per heavy atom. The third kappa shape index (κ3) is 4.54. The van der Waals surface area contributed by atoms with Crippen LogP contribution < -0.4 is 4.90 Å². The van der Waals surface area contributed by atoms with Gasteiger partial charge in [0.05, 0.1) is 15.4 Å². The second-order valence-electron chi connectivity index (χ2n) is 6.66. The van der Waals surface area contributed by atoms with Gasteiger partial charge in [-0.05, 0) is 24.3 Å². The molecule has 3 rings (SSSR count). The van der Waals surface area contributed by atoms with E-state index in [0.29, 0.717) is 0 Å². The summed E-state index contributed by atoms with van der Waals surface area (Å²) < 4.78 is 52.2. The van der Waals surface area contributed by atoms with E-state index in [-0.39, 0.29) is 43.9 Å². The van der Waals surface area contributed by atoms with Crippen LogP contribution in [0.15, 0.2) is 36.4 Å². The second kappa shape index (κ2) is 8.16. The van der Waals surface area contributed by atoms with E-state index in [4.69, 9.17) is 0 Å². The number of nitro groups is 2. The summed E-state index contributed by atoms with van der Waals surface area (Å²) in [5.74, 6) is -0.959. The Morgan fingerprint density at radius 2 is 1.39 bits per heavy atom. The fourth-order valence-electron chi connectivity index (χ4n) is 3.28. The highest BCUT2D eigenvalue weighted by molar-refractivity contribution is 5.94. The zero-order chi connectivity index (χ0) is 22.9. The zero-order valence-electron chi connectivity index (χ0n) is 15.6. The first-order valence-corrected chi connectivity index (χ1v) is 8.83. The molecule has 1 heterocycles. The molecule has 164 valence electrons. The lowest BCUT2D eigenvalue weighted by atomic mass is 10.1. The number of piperazine rings is 1. The number of nitro benzene ring substituents is 2. The predicted molar refractivity (Wildman–Crippen MR) is 99.3 cm³/mol. The van der Waals surface area contributed by atoms with Crippen LogP contribution in [0.5, 0.6) is 0 Å². The van der Waals surface area contributed by atoms with Crippen molar-refractivity contribution in [2.45, 2.75) is 6.18 Å². The van der Waals surface area contributed by atoms with E-state index in [1.165, 1.54) is 21.9 Å². The molecule has 1 amide bonds. The molecule has 2 aromatic rings. The van der Waals surface area contributed by atoms with Gasteiger partial charge in [0.1, 0.15) is 5.82 Å². The lowest BCUT2D eigenvalue weighted by Gasteiger charge is -2.35. The summed E-state index contributed by atoms with van der Waals surface area (Å²) in [6.45, 7) is -0.156. The topological polar surface area (TPSA) is 110 Å². The fourth-order valence-corrected chi connectivity index (χ4v) is 3.28. The summed E-state index contributed by atoms with van der Waals surface area (Å²) in [7, 11) is 0. The Balaban J connectivity index is 1.90. The molecule has 13 heteroatoms. The molecular weight excluding hydrogens is 428 g/mol. The number of benzene rings is 2. The number of nitrogens with zero attached hydrogens (tertiary/aromatic N) is 4. The van der Waals surface area contributed by atoms with Gasteiger partial charge in [-0.25, -0.2) is 4.39 Å². The number of carbonyl (C=O) groups excluding carboxylic acids is 1. The molecule has 0 bridgehead atoms. The number of hydrogen-bond acceptors (Lipinski definition) is 6. The van der Waals surface area contributed by atoms with Crippen LogP contribution in [0, 0.1) is 26.0 Å². The van der Waals surface area contributed by atoms with Crippen LogP contribution in [0.3, 0.4) is 0 Å². The van der Waals surface area contributed by atoms with Crippen molar-refractivity contribution in [2.75, 3.05) is 31.1 Å². The lowest BCUT2D eigenvalue weighted by molar-refractivity contribution is -0.393. The molecule has 0 unspecified atom stereocenters. The minimum absolute atomic E-state index is 0.00550. The molecular formula is C18H14F4N4O5. The standard InChI is InChI=1S/C18H14F4N4O5/c19-13-3-1-11(2-4-13)17(27)24-7-5-23(6-8-24)16-14(25(28)29)9-12(18(20,21)22)10-15(16)26(30)31/h1-4,9-10H,5-8H2. The van der Waals surface area contributed by atoms with Crippen LogP contribution >= 0.6 is 0 Å². The normalized spacial score (nSPS) is 14.5. The minimum atomic E-state index is -5.01. The zero-order valence-corrected chi connectivity index (χ0v) is 15.6. The van der Waals surface area contributed by atoms with Crippen LogP contribution in [0.25, 0.3) is 0 Å². The highest BCUT2D eigenvalue weighted by Gasteiger charge is 2.40. The lowest BCUT2D eigenvalue weighted by Crippen LogP contribution is -2.49. The molecule has 0 aliphatic carbocycles. The fraction of sp³-hybridized carbons (Fsp3) is 0.278. The quantitative estimate of drug-likeness (QED) is 0.406. The van der Waals surface area contributed by atoms with E-state index >= 15 is 0 Å². The van der Waals surface area contributed by atoms with Crippen LogP contribution in [-0.2, 0) is 6.18 Å². The number of hydrogen-bond donors (Lipinski definition) is 0. The van der Waals surface area contributed by atoms with Crippen molar-refractivity contribution in [1.29, 1.82) is 0 Å². The molecule has 0 radical (unpaired) electrons. The summed E-state index contributed by atoms with van der Waals surface area (Å²) in [5, 5.41) is 22.8. The second-order valence-corrected chi connectivity index (χ2v) is 6.66. The van der Waals surface area contributed by atoms with E-state index in [1.54, 1.807) is 0 Å². The maximum Gasteiger partial charge on any atom is 0.416 e. The Morgan fingerprint density at radius 3 is 1.81 bits per heavy atom. The van der Waals surface area contributed by atoms with E-state index < -0.39 is 50.4 Å². The molecule has 1 fully saturated rings. The summed E-state index contributed by atoms with van der Waals surface area (Å²) in [6, 6.07) is 5.32. The monoisotopic (exact) mass is 442 g/mol. The van der Waals surface area contributed by atoms with Gasteiger partial charge >= 0.3 is 6.18 Å². The average Bonchev–Trinajstić information content (AvgIpc) is 2.72. The highest BCUT2D eigenvalue weighted by Crippen LogP contribution is 2.43. The number of anilines is 1. The molecule has 0 spiro atoms. The van der Waals surface area contributed by atoms with Gasteiger partial charge in [0, 0.05) is 43.9 Å². The number of amides is 1. The molecule has 1 aliphatic rings. The van der Waals surface area contributed by atoms with Gasteiger partial charge in [-0.3, -0.25) is 25.0 Å². The Kier molecular flexibility index (Phi) is 5.77. The third-order valence-corrected chi connectivity index (χ3v) is 4.76. The molecule has 31 heavy (non-hydrogen) atoms. The van der Waals surface area contributed by atoms with Gasteiger partial charge in [-0.15, -0.1) is 0 Å². The average molecular weight is 442 g/mol. The molecule has 0 aromatic heterocycles. The van der Waals surface area contributed by atoms with Crippen LogP contribution in [0.1, 0.15) is 15.9 Å². The highest BCUT2D eigenvalue weighted by atomic mass is 19.4. The van der Waals surface area contributed by atoms with Crippen molar-refractivity contribution in [2.24, 2.45) is 0 Å². The molecule has 9 nitrogen and oxygen atoms in total. The van der Waals surface area contributed by atoms with Gasteiger partial charge in [0.15, 0.2) is 5.69 Å². The maximum atomic E-state index is 13.0. The Bertz CT molecular complexity index is 999. The van der Waals surface area contributed by atoms with Gasteiger partial charge in [0.2, 0.25) is 0 Å². The Labute approximate surface area is 171 Å².